The number of rotatable bonds is 4. The number of halogens is 1. The van der Waals surface area contributed by atoms with Crippen molar-refractivity contribution in [2.75, 3.05) is 12.4 Å². The van der Waals surface area contributed by atoms with Crippen molar-refractivity contribution in [1.29, 1.82) is 0 Å². The molecule has 0 saturated carbocycles. The van der Waals surface area contributed by atoms with Crippen LogP contribution in [0, 0.1) is 0 Å². The van der Waals surface area contributed by atoms with Crippen molar-refractivity contribution in [2.24, 2.45) is 5.16 Å². The summed E-state index contributed by atoms with van der Waals surface area (Å²) in [7, 11) is 1.53. The first-order valence-corrected chi connectivity index (χ1v) is 5.55. The van der Waals surface area contributed by atoms with Gasteiger partial charge in [0.2, 0.25) is 0 Å². The van der Waals surface area contributed by atoms with Crippen LogP contribution in [0.25, 0.3) is 0 Å². The number of nitrogens with zero attached hydrogens (tertiary/aromatic N) is 2. The smallest absolute Gasteiger partial charge is 0.116 e. The van der Waals surface area contributed by atoms with Crippen LogP contribution < -0.4 is 0 Å². The van der Waals surface area contributed by atoms with E-state index >= 15 is 0 Å². The molecule has 0 atom stereocenters. The van der Waals surface area contributed by atoms with E-state index in [1.54, 1.807) is 0 Å². The first kappa shape index (κ1) is 11.2. The highest BCUT2D eigenvalue weighted by Gasteiger charge is 2.03. The van der Waals surface area contributed by atoms with Crippen LogP contribution in [0.4, 0.5) is 0 Å². The fourth-order valence-electron chi connectivity index (χ4n) is 1.05. The Morgan fingerprint density at radius 2 is 2.36 bits per heavy atom. The molecule has 1 rings (SSSR count). The number of aryl methyl sites for hydroxylation is 1. The zero-order valence-electron chi connectivity index (χ0n) is 8.33. The fourth-order valence-corrected chi connectivity index (χ4v) is 1.44. The summed E-state index contributed by atoms with van der Waals surface area (Å²) < 4.78 is 0. The van der Waals surface area contributed by atoms with E-state index in [-0.39, 0.29) is 0 Å². The van der Waals surface area contributed by atoms with Gasteiger partial charge in [0, 0.05) is 6.20 Å². The number of alkyl halides is 1. The predicted octanol–water partition coefficient (Wildman–Crippen LogP) is 2.39. The SMILES string of the molecule is CCc1ccc(/C(CBr)=N/OC)nc1. The Hall–Kier alpha value is -0.900. The van der Waals surface area contributed by atoms with E-state index in [1.807, 2.05) is 12.3 Å². The van der Waals surface area contributed by atoms with E-state index in [1.165, 1.54) is 12.7 Å². The van der Waals surface area contributed by atoms with E-state index < -0.39 is 0 Å². The van der Waals surface area contributed by atoms with Gasteiger partial charge >= 0.3 is 0 Å². The number of oxime groups is 1. The van der Waals surface area contributed by atoms with Crippen LogP contribution >= 0.6 is 15.9 Å². The molecule has 0 spiro atoms. The van der Waals surface area contributed by atoms with Gasteiger partial charge in [-0.05, 0) is 18.1 Å². The van der Waals surface area contributed by atoms with Gasteiger partial charge in [-0.2, -0.15) is 0 Å². The van der Waals surface area contributed by atoms with Crippen LogP contribution in [0.1, 0.15) is 18.2 Å². The molecule has 0 aliphatic heterocycles. The molecule has 0 radical (unpaired) electrons. The number of aromatic nitrogens is 1. The number of pyridine rings is 1. The van der Waals surface area contributed by atoms with Gasteiger partial charge < -0.3 is 4.84 Å². The summed E-state index contributed by atoms with van der Waals surface area (Å²) >= 11 is 3.34. The minimum atomic E-state index is 0.638. The molecule has 14 heavy (non-hydrogen) atoms. The summed E-state index contributed by atoms with van der Waals surface area (Å²) in [6.45, 7) is 2.10. The molecule has 76 valence electrons. The van der Waals surface area contributed by atoms with Crippen LogP contribution in [-0.2, 0) is 11.3 Å². The Balaban J connectivity index is 2.89. The highest BCUT2D eigenvalue weighted by atomic mass is 79.9. The van der Waals surface area contributed by atoms with Crippen LogP contribution in [0.2, 0.25) is 0 Å². The third-order valence-corrected chi connectivity index (χ3v) is 2.39. The van der Waals surface area contributed by atoms with Crippen molar-refractivity contribution >= 4 is 21.6 Å². The minimum absolute atomic E-state index is 0.638. The lowest BCUT2D eigenvalue weighted by Crippen LogP contribution is -2.05. The van der Waals surface area contributed by atoms with Crippen molar-refractivity contribution in [1.82, 2.24) is 4.98 Å². The average Bonchev–Trinajstić information content (AvgIpc) is 2.26. The lowest BCUT2D eigenvalue weighted by atomic mass is 10.2. The largest absolute Gasteiger partial charge is 0.399 e. The molecule has 0 fully saturated rings. The van der Waals surface area contributed by atoms with E-state index in [9.17, 15) is 0 Å². The zero-order valence-corrected chi connectivity index (χ0v) is 9.91. The first-order chi connectivity index (χ1) is 6.81. The maximum Gasteiger partial charge on any atom is 0.116 e. The molecular weight excluding hydrogens is 244 g/mol. The highest BCUT2D eigenvalue weighted by molar-refractivity contribution is 9.09. The van der Waals surface area contributed by atoms with E-state index in [0.29, 0.717) is 5.33 Å². The summed E-state index contributed by atoms with van der Waals surface area (Å²) in [5.41, 5.74) is 2.87. The minimum Gasteiger partial charge on any atom is -0.399 e. The van der Waals surface area contributed by atoms with Crippen LogP contribution in [0.3, 0.4) is 0 Å². The second-order valence-corrected chi connectivity index (χ2v) is 3.32. The van der Waals surface area contributed by atoms with Crippen molar-refractivity contribution in [3.8, 4) is 0 Å². The third-order valence-electron chi connectivity index (χ3n) is 1.86. The lowest BCUT2D eigenvalue weighted by Gasteiger charge is -2.02. The monoisotopic (exact) mass is 256 g/mol. The van der Waals surface area contributed by atoms with Gasteiger partial charge in [-0.1, -0.05) is 34.1 Å². The topological polar surface area (TPSA) is 34.5 Å². The summed E-state index contributed by atoms with van der Waals surface area (Å²) in [5, 5.41) is 4.51. The standard InChI is InChI=1S/C10H13BrN2O/c1-3-8-4-5-9(12-7-8)10(6-11)13-14-2/h4-5,7H,3,6H2,1-2H3/b13-10+. The van der Waals surface area contributed by atoms with Gasteiger partial charge in [-0.25, -0.2) is 0 Å². The van der Waals surface area contributed by atoms with E-state index in [0.717, 1.165) is 17.8 Å². The molecule has 0 bridgehead atoms. The van der Waals surface area contributed by atoms with Gasteiger partial charge in [0.25, 0.3) is 0 Å². The van der Waals surface area contributed by atoms with Crippen molar-refractivity contribution in [2.45, 2.75) is 13.3 Å². The number of hydrogen-bond donors (Lipinski definition) is 0. The van der Waals surface area contributed by atoms with Gasteiger partial charge in [-0.3, -0.25) is 4.98 Å². The third kappa shape index (κ3) is 2.80. The Morgan fingerprint density at radius 3 is 2.79 bits per heavy atom. The van der Waals surface area contributed by atoms with Crippen LogP contribution in [0.5, 0.6) is 0 Å². The molecule has 1 aromatic heterocycles. The second-order valence-electron chi connectivity index (χ2n) is 2.76. The van der Waals surface area contributed by atoms with Crippen molar-refractivity contribution in [3.63, 3.8) is 0 Å². The second kappa shape index (κ2) is 5.75. The maximum absolute atomic E-state index is 4.72. The van der Waals surface area contributed by atoms with Gasteiger partial charge in [0.15, 0.2) is 0 Å². The molecule has 1 aromatic rings. The molecule has 0 aromatic carbocycles. The lowest BCUT2D eigenvalue weighted by molar-refractivity contribution is 0.213. The molecule has 0 saturated heterocycles. The summed E-state index contributed by atoms with van der Waals surface area (Å²) in [5.74, 6) is 0. The Kier molecular flexibility index (Phi) is 4.59. The molecule has 0 N–H and O–H groups in total. The molecule has 0 aliphatic carbocycles. The molecule has 4 heteroatoms. The van der Waals surface area contributed by atoms with Crippen LogP contribution in [0.15, 0.2) is 23.5 Å². The van der Waals surface area contributed by atoms with Crippen molar-refractivity contribution < 1.29 is 4.84 Å². The molecule has 0 aliphatic rings. The van der Waals surface area contributed by atoms with E-state index in [2.05, 4.69) is 39.1 Å². The van der Waals surface area contributed by atoms with Crippen LogP contribution in [-0.4, -0.2) is 23.1 Å². The van der Waals surface area contributed by atoms with E-state index in [4.69, 9.17) is 4.84 Å². The summed E-state index contributed by atoms with van der Waals surface area (Å²) in [4.78, 5) is 9.02. The van der Waals surface area contributed by atoms with Gasteiger partial charge in [0.1, 0.15) is 12.8 Å². The van der Waals surface area contributed by atoms with Gasteiger partial charge in [-0.15, -0.1) is 0 Å². The molecule has 1 heterocycles. The van der Waals surface area contributed by atoms with Gasteiger partial charge in [0.05, 0.1) is 11.0 Å². The maximum atomic E-state index is 4.72. The summed E-state index contributed by atoms with van der Waals surface area (Å²) in [6, 6.07) is 4.01. The van der Waals surface area contributed by atoms with Crippen molar-refractivity contribution in [3.05, 3.63) is 29.6 Å². The zero-order chi connectivity index (χ0) is 10.4. The summed E-state index contributed by atoms with van der Waals surface area (Å²) in [6.07, 6.45) is 2.86. The fraction of sp³-hybridized carbons (Fsp3) is 0.400. The number of hydrogen-bond acceptors (Lipinski definition) is 3. The average molecular weight is 257 g/mol. The first-order valence-electron chi connectivity index (χ1n) is 4.43. The Labute approximate surface area is 92.3 Å². The molecule has 0 unspecified atom stereocenters. The molecular formula is C10H13BrN2O. The quantitative estimate of drug-likeness (QED) is 0.471. The highest BCUT2D eigenvalue weighted by Crippen LogP contribution is 2.04. The Morgan fingerprint density at radius 1 is 1.57 bits per heavy atom. The normalized spacial score (nSPS) is 11.5. The molecule has 3 nitrogen and oxygen atoms in total. The molecule has 0 amide bonds. The Bertz CT molecular complexity index is 308. The predicted molar refractivity (Wildman–Crippen MR) is 61.0 cm³/mol.